The Morgan fingerprint density at radius 2 is 2.10 bits per heavy atom. The van der Waals surface area contributed by atoms with Gasteiger partial charge in [-0.1, -0.05) is 6.07 Å². The van der Waals surface area contributed by atoms with Gasteiger partial charge in [0, 0.05) is 37.3 Å². The molecular formula is C12H18ClN3O4S. The van der Waals surface area contributed by atoms with E-state index in [1.54, 1.807) is 0 Å². The molecular weight excluding hydrogens is 318 g/mol. The summed E-state index contributed by atoms with van der Waals surface area (Å²) in [6.07, 6.45) is 0. The van der Waals surface area contributed by atoms with Crippen LogP contribution < -0.4 is 5.32 Å². The summed E-state index contributed by atoms with van der Waals surface area (Å²) in [5.41, 5.74) is 0.0112. The van der Waals surface area contributed by atoms with Crippen molar-refractivity contribution in [3.63, 3.8) is 0 Å². The Labute approximate surface area is 129 Å². The minimum absolute atomic E-state index is 0. The Morgan fingerprint density at radius 1 is 1.43 bits per heavy atom. The molecule has 1 heterocycles. The molecule has 0 saturated carbocycles. The summed E-state index contributed by atoms with van der Waals surface area (Å²) in [6, 6.07) is 3.97. The topological polar surface area (TPSA) is 92.5 Å². The maximum atomic E-state index is 12.7. The lowest BCUT2D eigenvalue weighted by Gasteiger charge is -2.33. The molecule has 1 N–H and O–H groups in total. The van der Waals surface area contributed by atoms with Crippen molar-refractivity contribution in [2.45, 2.75) is 24.8 Å². The first-order chi connectivity index (χ1) is 9.35. The molecule has 0 spiro atoms. The van der Waals surface area contributed by atoms with Crippen LogP contribution in [-0.4, -0.2) is 43.3 Å². The molecule has 1 fully saturated rings. The molecule has 0 unspecified atom stereocenters. The highest BCUT2D eigenvalue weighted by Crippen LogP contribution is 2.28. The second kappa shape index (κ2) is 6.69. The number of hydrogen-bond acceptors (Lipinski definition) is 5. The Morgan fingerprint density at radius 3 is 2.67 bits per heavy atom. The van der Waals surface area contributed by atoms with Crippen molar-refractivity contribution in [2.24, 2.45) is 0 Å². The van der Waals surface area contributed by atoms with Crippen LogP contribution in [0.3, 0.4) is 0 Å². The maximum Gasteiger partial charge on any atom is 0.273 e. The summed E-state index contributed by atoms with van der Waals surface area (Å²) in [5.74, 6) is 0. The number of rotatable bonds is 3. The third-order valence-electron chi connectivity index (χ3n) is 3.48. The molecule has 1 saturated heterocycles. The summed E-state index contributed by atoms with van der Waals surface area (Å²) in [7, 11) is -3.71. The minimum atomic E-state index is -3.71. The average Bonchev–Trinajstić information content (AvgIpc) is 2.38. The van der Waals surface area contributed by atoms with E-state index in [9.17, 15) is 18.5 Å². The summed E-state index contributed by atoms with van der Waals surface area (Å²) >= 11 is 0. The average molecular weight is 336 g/mol. The second-order valence-electron chi connectivity index (χ2n) is 4.83. The van der Waals surface area contributed by atoms with Crippen molar-refractivity contribution in [1.29, 1.82) is 0 Å². The standard InChI is InChI=1S/C12H17N3O4S.ClH/c1-9-8-13-6-7-14(9)20(18,19)12-5-3-4-11(10(12)2)15(16)17;/h3-5,9,13H,6-8H2,1-2H3;1H/t9-;/m0./s1. The monoisotopic (exact) mass is 335 g/mol. The zero-order chi connectivity index (χ0) is 14.9. The van der Waals surface area contributed by atoms with Crippen molar-refractivity contribution in [3.8, 4) is 0 Å². The van der Waals surface area contributed by atoms with Crippen LogP contribution in [-0.2, 0) is 10.0 Å². The third kappa shape index (κ3) is 3.34. The van der Waals surface area contributed by atoms with Gasteiger partial charge < -0.3 is 5.32 Å². The molecule has 2 rings (SSSR count). The van der Waals surface area contributed by atoms with Crippen molar-refractivity contribution < 1.29 is 13.3 Å². The highest BCUT2D eigenvalue weighted by molar-refractivity contribution is 7.89. The molecule has 1 aromatic carbocycles. The van der Waals surface area contributed by atoms with Gasteiger partial charge in [-0.05, 0) is 19.9 Å². The number of benzene rings is 1. The van der Waals surface area contributed by atoms with Crippen molar-refractivity contribution in [2.75, 3.05) is 19.6 Å². The molecule has 0 aromatic heterocycles. The van der Waals surface area contributed by atoms with Crippen LogP contribution in [0.1, 0.15) is 12.5 Å². The van der Waals surface area contributed by atoms with E-state index in [0.717, 1.165) is 0 Å². The van der Waals surface area contributed by atoms with Gasteiger partial charge in [-0.15, -0.1) is 12.4 Å². The normalized spacial score (nSPS) is 19.8. The minimum Gasteiger partial charge on any atom is -0.314 e. The number of nitrogens with zero attached hydrogens (tertiary/aromatic N) is 2. The van der Waals surface area contributed by atoms with Crippen LogP contribution in [0.25, 0.3) is 0 Å². The van der Waals surface area contributed by atoms with E-state index in [4.69, 9.17) is 0 Å². The van der Waals surface area contributed by atoms with Crippen molar-refractivity contribution in [1.82, 2.24) is 9.62 Å². The molecule has 1 atom stereocenters. The van der Waals surface area contributed by atoms with E-state index >= 15 is 0 Å². The van der Waals surface area contributed by atoms with Gasteiger partial charge in [0.25, 0.3) is 5.69 Å². The first-order valence-electron chi connectivity index (χ1n) is 6.32. The number of nitrogens with one attached hydrogen (secondary N) is 1. The van der Waals surface area contributed by atoms with Gasteiger partial charge in [0.1, 0.15) is 0 Å². The van der Waals surface area contributed by atoms with Crippen LogP contribution in [0.15, 0.2) is 23.1 Å². The third-order valence-corrected chi connectivity index (χ3v) is 5.64. The highest BCUT2D eigenvalue weighted by atomic mass is 35.5. The highest BCUT2D eigenvalue weighted by Gasteiger charge is 2.33. The predicted octanol–water partition coefficient (Wildman–Crippen LogP) is 1.31. The van der Waals surface area contributed by atoms with Gasteiger partial charge in [-0.2, -0.15) is 4.31 Å². The number of hydrogen-bond donors (Lipinski definition) is 1. The first kappa shape index (κ1) is 17.8. The maximum absolute atomic E-state index is 12.7. The fourth-order valence-corrected chi connectivity index (χ4v) is 4.26. The molecule has 21 heavy (non-hydrogen) atoms. The number of nitro benzene ring substituents is 1. The molecule has 1 aromatic rings. The summed E-state index contributed by atoms with van der Waals surface area (Å²) in [5, 5.41) is 14.0. The van der Waals surface area contributed by atoms with Crippen LogP contribution >= 0.6 is 12.4 Å². The van der Waals surface area contributed by atoms with Crippen LogP contribution in [0.2, 0.25) is 0 Å². The number of nitro groups is 1. The number of piperazine rings is 1. The molecule has 118 valence electrons. The molecule has 0 bridgehead atoms. The molecule has 9 heteroatoms. The lowest BCUT2D eigenvalue weighted by Crippen LogP contribution is -2.52. The Bertz CT molecular complexity index is 635. The fourth-order valence-electron chi connectivity index (χ4n) is 2.39. The first-order valence-corrected chi connectivity index (χ1v) is 7.76. The molecule has 0 aliphatic carbocycles. The zero-order valence-electron chi connectivity index (χ0n) is 11.8. The van der Waals surface area contributed by atoms with Gasteiger partial charge in [-0.25, -0.2) is 8.42 Å². The summed E-state index contributed by atoms with van der Waals surface area (Å²) in [4.78, 5) is 10.4. The summed E-state index contributed by atoms with van der Waals surface area (Å²) in [6.45, 7) is 4.81. The van der Waals surface area contributed by atoms with E-state index < -0.39 is 14.9 Å². The Balaban J connectivity index is 0.00000220. The number of halogens is 1. The van der Waals surface area contributed by atoms with E-state index in [1.165, 1.54) is 29.4 Å². The SMILES string of the molecule is Cc1c([N+](=O)[O-])cccc1S(=O)(=O)N1CCNC[C@@H]1C.Cl. The quantitative estimate of drug-likeness (QED) is 0.664. The van der Waals surface area contributed by atoms with Gasteiger partial charge in [-0.3, -0.25) is 10.1 Å². The van der Waals surface area contributed by atoms with Crippen LogP contribution in [0, 0.1) is 17.0 Å². The van der Waals surface area contributed by atoms with Gasteiger partial charge in [0.05, 0.1) is 9.82 Å². The summed E-state index contributed by atoms with van der Waals surface area (Å²) < 4.78 is 26.7. The molecule has 0 radical (unpaired) electrons. The number of sulfonamides is 1. The smallest absolute Gasteiger partial charge is 0.273 e. The van der Waals surface area contributed by atoms with Crippen LogP contribution in [0.5, 0.6) is 0 Å². The zero-order valence-corrected chi connectivity index (χ0v) is 13.4. The van der Waals surface area contributed by atoms with Gasteiger partial charge >= 0.3 is 0 Å². The van der Waals surface area contributed by atoms with E-state index in [1.807, 2.05) is 6.92 Å². The van der Waals surface area contributed by atoms with E-state index in [0.29, 0.717) is 19.6 Å². The Hall–Kier alpha value is -1.22. The van der Waals surface area contributed by atoms with Crippen molar-refractivity contribution >= 4 is 28.1 Å². The molecule has 0 amide bonds. The molecule has 1 aliphatic rings. The second-order valence-corrected chi connectivity index (χ2v) is 6.69. The van der Waals surface area contributed by atoms with E-state index in [-0.39, 0.29) is 34.6 Å². The van der Waals surface area contributed by atoms with Gasteiger partial charge in [0.2, 0.25) is 10.0 Å². The lowest BCUT2D eigenvalue weighted by atomic mass is 10.2. The lowest BCUT2D eigenvalue weighted by molar-refractivity contribution is -0.385. The van der Waals surface area contributed by atoms with Gasteiger partial charge in [0.15, 0.2) is 0 Å². The largest absolute Gasteiger partial charge is 0.314 e. The van der Waals surface area contributed by atoms with Crippen molar-refractivity contribution in [3.05, 3.63) is 33.9 Å². The van der Waals surface area contributed by atoms with E-state index in [2.05, 4.69) is 5.32 Å². The fraction of sp³-hybridized carbons (Fsp3) is 0.500. The molecule has 1 aliphatic heterocycles. The Kier molecular flexibility index (Phi) is 5.68. The van der Waals surface area contributed by atoms with Crippen LogP contribution in [0.4, 0.5) is 5.69 Å². The predicted molar refractivity (Wildman–Crippen MR) is 81.3 cm³/mol. The molecule has 7 nitrogen and oxygen atoms in total.